The fourth-order valence-electron chi connectivity index (χ4n) is 3.50. The number of carbonyl (C=O) groups excluding carboxylic acids is 2. The summed E-state index contributed by atoms with van der Waals surface area (Å²) in [4.78, 5) is 30.2. The topological polar surface area (TPSA) is 76.9 Å². The Kier molecular flexibility index (Phi) is 7.11. The molecule has 2 rings (SSSR count). The van der Waals surface area contributed by atoms with Crippen LogP contribution in [0.1, 0.15) is 52.9 Å². The van der Waals surface area contributed by atoms with E-state index in [9.17, 15) is 14.9 Å². The highest BCUT2D eigenvalue weighted by Crippen LogP contribution is 2.23. The highest BCUT2D eigenvalue weighted by Gasteiger charge is 2.27. The quantitative estimate of drug-likeness (QED) is 0.559. The van der Waals surface area contributed by atoms with E-state index in [0.29, 0.717) is 26.2 Å². The summed E-state index contributed by atoms with van der Waals surface area (Å²) in [6.07, 6.45) is 6.85. The lowest BCUT2D eigenvalue weighted by molar-refractivity contribution is -0.128. The van der Waals surface area contributed by atoms with Crippen molar-refractivity contribution < 1.29 is 14.3 Å². The first-order valence-electron chi connectivity index (χ1n) is 9.82. The second-order valence-electron chi connectivity index (χ2n) is 8.37. The van der Waals surface area contributed by atoms with Crippen LogP contribution in [-0.4, -0.2) is 71.6 Å². The summed E-state index contributed by atoms with van der Waals surface area (Å²) in [7, 11) is 1.80. The number of nitriles is 1. The number of rotatable bonds is 3. The molecule has 2 amide bonds. The molecule has 0 spiro atoms. The van der Waals surface area contributed by atoms with Crippen molar-refractivity contribution >= 4 is 12.0 Å². The Bertz CT molecular complexity index is 604. The van der Waals surface area contributed by atoms with Crippen molar-refractivity contribution in [2.75, 3.05) is 33.2 Å². The van der Waals surface area contributed by atoms with Crippen LogP contribution in [0.4, 0.5) is 4.79 Å². The summed E-state index contributed by atoms with van der Waals surface area (Å²) in [6, 6.07) is 2.29. The van der Waals surface area contributed by atoms with Crippen LogP contribution in [0.15, 0.2) is 11.8 Å². The van der Waals surface area contributed by atoms with Crippen LogP contribution in [0, 0.1) is 11.3 Å². The van der Waals surface area contributed by atoms with E-state index in [0.717, 1.165) is 25.7 Å². The van der Waals surface area contributed by atoms with Crippen LogP contribution < -0.4 is 0 Å². The molecule has 2 fully saturated rings. The molecule has 2 aliphatic rings. The molecule has 0 aromatic rings. The molecule has 0 aromatic carbocycles. The van der Waals surface area contributed by atoms with Crippen LogP contribution in [0.25, 0.3) is 0 Å². The van der Waals surface area contributed by atoms with Gasteiger partial charge in [0.25, 0.3) is 5.91 Å². The molecule has 7 nitrogen and oxygen atoms in total. The van der Waals surface area contributed by atoms with Crippen molar-refractivity contribution in [1.82, 2.24) is 14.7 Å². The first-order valence-corrected chi connectivity index (χ1v) is 9.82. The molecule has 1 heterocycles. The van der Waals surface area contributed by atoms with E-state index in [2.05, 4.69) is 6.07 Å². The van der Waals surface area contributed by atoms with Gasteiger partial charge in [0.05, 0.1) is 0 Å². The zero-order valence-electron chi connectivity index (χ0n) is 17.0. The maximum atomic E-state index is 12.7. The third-order valence-corrected chi connectivity index (χ3v) is 5.07. The first-order chi connectivity index (χ1) is 12.7. The minimum atomic E-state index is -0.516. The SMILES string of the molecule is CN(C(=O)/C(C#N)=C\N1CCN(C(=O)OC(C)(C)C)CC1)C1CCCCC1. The van der Waals surface area contributed by atoms with Crippen molar-refractivity contribution in [2.45, 2.75) is 64.5 Å². The number of hydrogen-bond acceptors (Lipinski definition) is 5. The molecule has 0 N–H and O–H groups in total. The molecular formula is C20H32N4O3. The molecule has 1 saturated heterocycles. The lowest BCUT2D eigenvalue weighted by Crippen LogP contribution is -2.48. The Hall–Kier alpha value is -2.23. The zero-order chi connectivity index (χ0) is 20.0. The number of hydrogen-bond donors (Lipinski definition) is 0. The van der Waals surface area contributed by atoms with Crippen LogP contribution in [0.3, 0.4) is 0 Å². The first kappa shape index (κ1) is 21.1. The molecule has 0 bridgehead atoms. The molecule has 1 saturated carbocycles. The molecule has 0 atom stereocenters. The van der Waals surface area contributed by atoms with E-state index < -0.39 is 5.60 Å². The molecule has 0 radical (unpaired) electrons. The minimum absolute atomic E-state index is 0.161. The smallest absolute Gasteiger partial charge is 0.410 e. The van der Waals surface area contributed by atoms with E-state index in [4.69, 9.17) is 4.74 Å². The molecule has 0 unspecified atom stereocenters. The molecule has 0 aromatic heterocycles. The highest BCUT2D eigenvalue weighted by molar-refractivity contribution is 5.97. The third kappa shape index (κ3) is 6.16. The van der Waals surface area contributed by atoms with Gasteiger partial charge < -0.3 is 19.4 Å². The third-order valence-electron chi connectivity index (χ3n) is 5.07. The Morgan fingerprint density at radius 2 is 1.70 bits per heavy atom. The van der Waals surface area contributed by atoms with Crippen molar-refractivity contribution in [1.29, 1.82) is 5.26 Å². The molecular weight excluding hydrogens is 344 g/mol. The highest BCUT2D eigenvalue weighted by atomic mass is 16.6. The van der Waals surface area contributed by atoms with Gasteiger partial charge >= 0.3 is 6.09 Å². The standard InChI is InChI=1S/C20H32N4O3/c1-20(2,3)27-19(26)24-12-10-23(11-13-24)15-16(14-21)18(25)22(4)17-8-6-5-7-9-17/h15,17H,5-13H2,1-4H3/b16-15-. The maximum Gasteiger partial charge on any atom is 0.410 e. The summed E-state index contributed by atoms with van der Waals surface area (Å²) in [5.74, 6) is -0.209. The predicted octanol–water partition coefficient (Wildman–Crippen LogP) is 2.74. The number of likely N-dealkylation sites (N-methyl/N-ethyl adjacent to an activating group) is 1. The van der Waals surface area contributed by atoms with Gasteiger partial charge in [-0.25, -0.2) is 4.79 Å². The van der Waals surface area contributed by atoms with Gasteiger partial charge in [0.1, 0.15) is 17.2 Å². The number of ether oxygens (including phenoxy) is 1. The van der Waals surface area contributed by atoms with Gasteiger partial charge in [-0.3, -0.25) is 4.79 Å². The van der Waals surface area contributed by atoms with E-state index in [1.165, 1.54) is 6.42 Å². The van der Waals surface area contributed by atoms with Gasteiger partial charge in [-0.2, -0.15) is 5.26 Å². The molecule has 27 heavy (non-hydrogen) atoms. The van der Waals surface area contributed by atoms with Gasteiger partial charge in [0.15, 0.2) is 0 Å². The Balaban J connectivity index is 1.92. The summed E-state index contributed by atoms with van der Waals surface area (Å²) < 4.78 is 5.39. The Labute approximate surface area is 162 Å². The number of amides is 2. The van der Waals surface area contributed by atoms with Crippen LogP contribution in [0.2, 0.25) is 0 Å². The van der Waals surface area contributed by atoms with Crippen LogP contribution in [-0.2, 0) is 9.53 Å². The van der Waals surface area contributed by atoms with Crippen molar-refractivity contribution in [3.8, 4) is 6.07 Å². The van der Waals surface area contributed by atoms with Gasteiger partial charge in [0.2, 0.25) is 0 Å². The van der Waals surface area contributed by atoms with E-state index in [-0.39, 0.29) is 23.6 Å². The zero-order valence-corrected chi connectivity index (χ0v) is 17.0. The second kappa shape index (κ2) is 9.12. The molecule has 150 valence electrons. The largest absolute Gasteiger partial charge is 0.444 e. The maximum absolute atomic E-state index is 12.7. The van der Waals surface area contributed by atoms with Crippen LogP contribution in [0.5, 0.6) is 0 Å². The second-order valence-corrected chi connectivity index (χ2v) is 8.37. The normalized spacial score (nSPS) is 19.4. The van der Waals surface area contributed by atoms with Gasteiger partial charge in [-0.15, -0.1) is 0 Å². The number of piperazine rings is 1. The lowest BCUT2D eigenvalue weighted by Gasteiger charge is -2.35. The Morgan fingerprint density at radius 1 is 1.11 bits per heavy atom. The van der Waals surface area contributed by atoms with Gasteiger partial charge in [0, 0.05) is 45.5 Å². The van der Waals surface area contributed by atoms with Gasteiger partial charge in [-0.05, 0) is 33.6 Å². The predicted molar refractivity (Wildman–Crippen MR) is 103 cm³/mol. The van der Waals surface area contributed by atoms with Crippen molar-refractivity contribution in [3.63, 3.8) is 0 Å². The average molecular weight is 377 g/mol. The monoisotopic (exact) mass is 376 g/mol. The fourth-order valence-corrected chi connectivity index (χ4v) is 3.50. The molecule has 7 heteroatoms. The number of carbonyl (C=O) groups is 2. The van der Waals surface area contributed by atoms with E-state index in [1.807, 2.05) is 25.7 Å². The van der Waals surface area contributed by atoms with Crippen LogP contribution >= 0.6 is 0 Å². The van der Waals surface area contributed by atoms with E-state index in [1.54, 1.807) is 23.0 Å². The Morgan fingerprint density at radius 3 is 2.22 bits per heavy atom. The van der Waals surface area contributed by atoms with E-state index >= 15 is 0 Å². The van der Waals surface area contributed by atoms with Crippen molar-refractivity contribution in [2.24, 2.45) is 0 Å². The summed E-state index contributed by atoms with van der Waals surface area (Å²) in [5, 5.41) is 9.47. The van der Waals surface area contributed by atoms with Gasteiger partial charge in [-0.1, -0.05) is 19.3 Å². The molecule has 1 aliphatic heterocycles. The minimum Gasteiger partial charge on any atom is -0.444 e. The fraction of sp³-hybridized carbons (Fsp3) is 0.750. The summed E-state index contributed by atoms with van der Waals surface area (Å²) in [5.41, 5.74) is -0.355. The molecule has 1 aliphatic carbocycles. The number of nitrogens with zero attached hydrogens (tertiary/aromatic N) is 4. The summed E-state index contributed by atoms with van der Waals surface area (Å²) in [6.45, 7) is 7.70. The average Bonchev–Trinajstić information content (AvgIpc) is 2.64. The summed E-state index contributed by atoms with van der Waals surface area (Å²) >= 11 is 0. The lowest BCUT2D eigenvalue weighted by atomic mass is 9.94. The van der Waals surface area contributed by atoms with Crippen molar-refractivity contribution in [3.05, 3.63) is 11.8 Å².